The summed E-state index contributed by atoms with van der Waals surface area (Å²) in [5.41, 5.74) is 4.73. The van der Waals surface area contributed by atoms with Crippen LogP contribution in [0.15, 0.2) is 24.4 Å². The summed E-state index contributed by atoms with van der Waals surface area (Å²) >= 11 is 0. The molecule has 3 N–H and O–H groups in total. The van der Waals surface area contributed by atoms with Crippen LogP contribution in [0.25, 0.3) is 0 Å². The first-order valence-electron chi connectivity index (χ1n) is 5.26. The molecule has 1 heterocycles. The highest BCUT2D eigenvalue weighted by Crippen LogP contribution is 2.29. The maximum absolute atomic E-state index is 12.0. The molecule has 0 aliphatic rings. The summed E-state index contributed by atoms with van der Waals surface area (Å²) in [4.78, 5) is 16.1. The topological polar surface area (TPSA) is 68.0 Å². The second-order valence-electron chi connectivity index (χ2n) is 5.02. The second kappa shape index (κ2) is 4.22. The Morgan fingerprint density at radius 3 is 2.38 bits per heavy atom. The third kappa shape index (κ3) is 2.58. The lowest BCUT2D eigenvalue weighted by Gasteiger charge is -2.36. The maximum Gasteiger partial charge on any atom is 0.233 e. The predicted octanol–water partition coefficient (Wildman–Crippen LogP) is 1.78. The number of pyridine rings is 1. The molecule has 1 aromatic rings. The number of nitrogens with zero attached hydrogens (tertiary/aromatic N) is 1. The fourth-order valence-corrected chi connectivity index (χ4v) is 1.00. The largest absolute Gasteiger partial charge is 0.325 e. The number of carbonyl (C=O) groups excluding carboxylic acids is 1. The van der Waals surface area contributed by atoms with E-state index in [0.29, 0.717) is 5.82 Å². The van der Waals surface area contributed by atoms with Crippen LogP contribution in [-0.2, 0) is 4.79 Å². The molecule has 0 spiro atoms. The van der Waals surface area contributed by atoms with Crippen LogP contribution in [0, 0.1) is 5.41 Å². The average Bonchev–Trinajstić information content (AvgIpc) is 2.17. The number of nitrogens with one attached hydrogen (secondary N) is 1. The summed E-state index contributed by atoms with van der Waals surface area (Å²) in [5.74, 6) is 0.420. The minimum Gasteiger partial charge on any atom is -0.325 e. The molecule has 16 heavy (non-hydrogen) atoms. The Labute approximate surface area is 96.3 Å². The van der Waals surface area contributed by atoms with Gasteiger partial charge in [-0.1, -0.05) is 6.07 Å². The van der Waals surface area contributed by atoms with Gasteiger partial charge in [0.05, 0.1) is 5.41 Å². The highest BCUT2D eigenvalue weighted by molar-refractivity contribution is 5.94. The first-order valence-corrected chi connectivity index (χ1v) is 5.26. The van der Waals surface area contributed by atoms with E-state index < -0.39 is 11.0 Å². The van der Waals surface area contributed by atoms with Crippen molar-refractivity contribution in [2.24, 2.45) is 11.1 Å². The first kappa shape index (κ1) is 12.6. The Bertz CT molecular complexity index is 366. The fraction of sp³-hybridized carbons (Fsp3) is 0.500. The van der Waals surface area contributed by atoms with Crippen molar-refractivity contribution in [3.8, 4) is 0 Å². The molecule has 0 atom stereocenters. The minimum absolute atomic E-state index is 0.126. The zero-order chi connectivity index (χ0) is 12.4. The van der Waals surface area contributed by atoms with Crippen molar-refractivity contribution < 1.29 is 4.79 Å². The van der Waals surface area contributed by atoms with Crippen molar-refractivity contribution in [1.82, 2.24) is 4.98 Å². The fourth-order valence-electron chi connectivity index (χ4n) is 1.00. The average molecular weight is 221 g/mol. The number of carbonyl (C=O) groups is 1. The molecular weight excluding hydrogens is 202 g/mol. The van der Waals surface area contributed by atoms with E-state index >= 15 is 0 Å². The van der Waals surface area contributed by atoms with Crippen LogP contribution in [0.1, 0.15) is 27.7 Å². The first-order chi connectivity index (χ1) is 7.25. The van der Waals surface area contributed by atoms with E-state index in [1.165, 1.54) is 0 Å². The quantitative estimate of drug-likeness (QED) is 0.817. The van der Waals surface area contributed by atoms with Gasteiger partial charge < -0.3 is 11.1 Å². The summed E-state index contributed by atoms with van der Waals surface area (Å²) in [6.07, 6.45) is 1.64. The molecule has 88 valence electrons. The predicted molar refractivity (Wildman–Crippen MR) is 64.9 cm³/mol. The van der Waals surface area contributed by atoms with Gasteiger partial charge in [0.15, 0.2) is 0 Å². The molecule has 0 radical (unpaired) electrons. The number of hydrogen-bond donors (Lipinski definition) is 2. The molecule has 0 aliphatic heterocycles. The maximum atomic E-state index is 12.0. The van der Waals surface area contributed by atoms with Crippen LogP contribution < -0.4 is 11.1 Å². The number of hydrogen-bond acceptors (Lipinski definition) is 3. The molecule has 0 saturated heterocycles. The van der Waals surface area contributed by atoms with Gasteiger partial charge in [-0.2, -0.15) is 0 Å². The monoisotopic (exact) mass is 221 g/mol. The summed E-state index contributed by atoms with van der Waals surface area (Å²) in [6, 6.07) is 5.37. The third-order valence-corrected chi connectivity index (χ3v) is 3.08. The smallest absolute Gasteiger partial charge is 0.233 e. The van der Waals surface area contributed by atoms with Gasteiger partial charge in [0, 0.05) is 11.7 Å². The number of nitrogens with two attached hydrogens (primary N) is 1. The van der Waals surface area contributed by atoms with Gasteiger partial charge in [0.25, 0.3) is 0 Å². The second-order valence-corrected chi connectivity index (χ2v) is 5.02. The zero-order valence-electron chi connectivity index (χ0n) is 10.2. The van der Waals surface area contributed by atoms with E-state index in [9.17, 15) is 4.79 Å². The van der Waals surface area contributed by atoms with Gasteiger partial charge in [-0.3, -0.25) is 4.79 Å². The lowest BCUT2D eigenvalue weighted by Crippen LogP contribution is -2.53. The summed E-state index contributed by atoms with van der Waals surface area (Å²) in [6.45, 7) is 7.33. The number of aromatic nitrogens is 1. The molecule has 0 bridgehead atoms. The molecule has 1 amide bonds. The van der Waals surface area contributed by atoms with Crippen molar-refractivity contribution in [1.29, 1.82) is 0 Å². The molecule has 0 aromatic carbocycles. The van der Waals surface area contributed by atoms with Gasteiger partial charge in [-0.05, 0) is 39.8 Å². The Morgan fingerprint density at radius 2 is 1.94 bits per heavy atom. The number of amides is 1. The molecule has 0 unspecified atom stereocenters. The van der Waals surface area contributed by atoms with Crippen molar-refractivity contribution in [3.05, 3.63) is 24.4 Å². The number of anilines is 1. The van der Waals surface area contributed by atoms with Crippen molar-refractivity contribution in [2.45, 2.75) is 33.2 Å². The van der Waals surface area contributed by atoms with E-state index in [0.717, 1.165) is 0 Å². The van der Waals surface area contributed by atoms with Crippen molar-refractivity contribution >= 4 is 11.7 Å². The normalized spacial score (nSPS) is 12.3. The van der Waals surface area contributed by atoms with Gasteiger partial charge >= 0.3 is 0 Å². The Kier molecular flexibility index (Phi) is 3.33. The molecule has 1 aromatic heterocycles. The molecule has 1 rings (SSSR count). The van der Waals surface area contributed by atoms with Gasteiger partial charge in [0.2, 0.25) is 5.91 Å². The van der Waals surface area contributed by atoms with Crippen LogP contribution in [0.2, 0.25) is 0 Å². The lowest BCUT2D eigenvalue weighted by atomic mass is 9.74. The van der Waals surface area contributed by atoms with Gasteiger partial charge in [0.1, 0.15) is 5.82 Å². The van der Waals surface area contributed by atoms with Crippen molar-refractivity contribution in [2.75, 3.05) is 5.32 Å². The lowest BCUT2D eigenvalue weighted by molar-refractivity contribution is -0.126. The summed E-state index contributed by atoms with van der Waals surface area (Å²) in [5, 5.41) is 2.76. The van der Waals surface area contributed by atoms with E-state index in [4.69, 9.17) is 5.73 Å². The molecule has 0 saturated carbocycles. The standard InChI is InChI=1S/C12H19N3O/c1-11(2,12(3,4)13)10(16)15-9-7-5-6-8-14-9/h5-8H,13H2,1-4H3,(H,14,15,16). The Balaban J connectivity index is 2.81. The van der Waals surface area contributed by atoms with Crippen LogP contribution in [0.3, 0.4) is 0 Å². The Morgan fingerprint density at radius 1 is 1.31 bits per heavy atom. The van der Waals surface area contributed by atoms with Gasteiger partial charge in [-0.25, -0.2) is 4.98 Å². The third-order valence-electron chi connectivity index (χ3n) is 3.08. The van der Waals surface area contributed by atoms with Crippen LogP contribution in [0.4, 0.5) is 5.82 Å². The molecular formula is C12H19N3O. The number of rotatable bonds is 3. The van der Waals surface area contributed by atoms with E-state index in [2.05, 4.69) is 10.3 Å². The minimum atomic E-state index is -0.662. The highest BCUT2D eigenvalue weighted by Gasteiger charge is 2.40. The SMILES string of the molecule is CC(C)(N)C(C)(C)C(=O)Nc1ccccn1. The molecule has 0 aliphatic carbocycles. The highest BCUT2D eigenvalue weighted by atomic mass is 16.2. The molecule has 0 fully saturated rings. The van der Waals surface area contributed by atoms with Gasteiger partial charge in [-0.15, -0.1) is 0 Å². The molecule has 4 nitrogen and oxygen atoms in total. The van der Waals surface area contributed by atoms with Crippen LogP contribution in [-0.4, -0.2) is 16.4 Å². The van der Waals surface area contributed by atoms with Crippen molar-refractivity contribution in [3.63, 3.8) is 0 Å². The zero-order valence-corrected chi connectivity index (χ0v) is 10.2. The summed E-state index contributed by atoms with van der Waals surface area (Å²) in [7, 11) is 0. The van der Waals surface area contributed by atoms with E-state index in [-0.39, 0.29) is 5.91 Å². The molecule has 4 heteroatoms. The van der Waals surface area contributed by atoms with Crippen LogP contribution in [0.5, 0.6) is 0 Å². The summed E-state index contributed by atoms with van der Waals surface area (Å²) < 4.78 is 0. The Hall–Kier alpha value is -1.42. The van der Waals surface area contributed by atoms with Crippen LogP contribution >= 0.6 is 0 Å². The van der Waals surface area contributed by atoms with E-state index in [1.807, 2.05) is 33.8 Å². The van der Waals surface area contributed by atoms with E-state index in [1.54, 1.807) is 18.3 Å².